The smallest absolute Gasteiger partial charge is 0.227 e. The zero-order chi connectivity index (χ0) is 16.8. The number of aryl methyl sites for hydroxylation is 2. The third-order valence-corrected chi connectivity index (χ3v) is 4.84. The fourth-order valence-electron chi connectivity index (χ4n) is 2.88. The zero-order valence-electron chi connectivity index (χ0n) is 13.3. The van der Waals surface area contributed by atoms with Crippen LogP contribution in [-0.2, 0) is 11.8 Å². The van der Waals surface area contributed by atoms with Crippen molar-refractivity contribution in [1.29, 1.82) is 0 Å². The molecular weight excluding hydrogens is 316 g/mol. The molecule has 8 heteroatoms. The third-order valence-electron chi connectivity index (χ3n) is 4.55. The van der Waals surface area contributed by atoms with E-state index in [0.29, 0.717) is 16.7 Å². The lowest BCUT2D eigenvalue weighted by molar-refractivity contribution is -0.123. The van der Waals surface area contributed by atoms with Crippen molar-refractivity contribution in [3.63, 3.8) is 0 Å². The number of anilines is 2. The second kappa shape index (κ2) is 5.49. The van der Waals surface area contributed by atoms with Crippen LogP contribution in [0.3, 0.4) is 0 Å². The number of primary amides is 1. The summed E-state index contributed by atoms with van der Waals surface area (Å²) >= 11 is 6.25. The molecule has 122 valence electrons. The highest BCUT2D eigenvalue weighted by molar-refractivity contribution is 6.31. The number of amides is 1. The van der Waals surface area contributed by atoms with Gasteiger partial charge in [0.2, 0.25) is 11.9 Å². The van der Waals surface area contributed by atoms with Gasteiger partial charge in [0.05, 0.1) is 33.7 Å². The Hall–Kier alpha value is -2.15. The van der Waals surface area contributed by atoms with Crippen LogP contribution in [0.4, 0.5) is 11.6 Å². The number of nitrogens with one attached hydrogen (secondary N) is 1. The Labute approximate surface area is 139 Å². The molecule has 0 aliphatic heterocycles. The molecule has 0 radical (unpaired) electrons. The number of carbonyl (C=O) groups is 1. The van der Waals surface area contributed by atoms with Crippen LogP contribution < -0.4 is 11.1 Å². The number of nitrogens with zero attached hydrogens (tertiary/aromatic N) is 4. The third kappa shape index (κ3) is 2.76. The topological polar surface area (TPSA) is 98.7 Å². The van der Waals surface area contributed by atoms with Gasteiger partial charge in [0.15, 0.2) is 0 Å². The Bertz CT molecular complexity index is 767. The van der Waals surface area contributed by atoms with E-state index in [4.69, 9.17) is 17.3 Å². The van der Waals surface area contributed by atoms with Crippen LogP contribution >= 0.6 is 11.6 Å². The van der Waals surface area contributed by atoms with E-state index in [0.717, 1.165) is 24.2 Å². The molecule has 2 aromatic heterocycles. The highest BCUT2D eigenvalue weighted by atomic mass is 35.5. The SMILES string of the molecule is Cc1nn(C)cc1Nc1ncc(Cl)c(C(C)C2(C(N)=O)CC2)n1. The lowest BCUT2D eigenvalue weighted by atomic mass is 9.87. The molecule has 1 fully saturated rings. The summed E-state index contributed by atoms with van der Waals surface area (Å²) in [7, 11) is 1.85. The fraction of sp³-hybridized carbons (Fsp3) is 0.467. The molecule has 2 aromatic rings. The molecule has 1 amide bonds. The maximum atomic E-state index is 11.7. The van der Waals surface area contributed by atoms with Gasteiger partial charge in [-0.05, 0) is 19.8 Å². The molecule has 0 bridgehead atoms. The Kier molecular flexibility index (Phi) is 3.75. The van der Waals surface area contributed by atoms with Gasteiger partial charge in [-0.25, -0.2) is 9.97 Å². The van der Waals surface area contributed by atoms with Crippen LogP contribution in [-0.4, -0.2) is 25.7 Å². The van der Waals surface area contributed by atoms with Crippen molar-refractivity contribution in [2.75, 3.05) is 5.32 Å². The summed E-state index contributed by atoms with van der Waals surface area (Å²) in [6.45, 7) is 3.83. The first-order chi connectivity index (χ1) is 10.8. The van der Waals surface area contributed by atoms with E-state index < -0.39 is 5.41 Å². The minimum Gasteiger partial charge on any atom is -0.369 e. The summed E-state index contributed by atoms with van der Waals surface area (Å²) in [6, 6.07) is 0. The highest BCUT2D eigenvalue weighted by Gasteiger charge is 2.54. The quantitative estimate of drug-likeness (QED) is 0.874. The Morgan fingerprint density at radius 2 is 2.22 bits per heavy atom. The normalized spacial score (nSPS) is 16.9. The van der Waals surface area contributed by atoms with Crippen LogP contribution in [0.15, 0.2) is 12.4 Å². The molecule has 0 saturated heterocycles. The Morgan fingerprint density at radius 1 is 1.52 bits per heavy atom. The van der Waals surface area contributed by atoms with Gasteiger partial charge in [0.1, 0.15) is 0 Å². The van der Waals surface area contributed by atoms with E-state index >= 15 is 0 Å². The van der Waals surface area contributed by atoms with Gasteiger partial charge >= 0.3 is 0 Å². The zero-order valence-corrected chi connectivity index (χ0v) is 14.1. The molecule has 2 heterocycles. The highest BCUT2D eigenvalue weighted by Crippen LogP contribution is 2.56. The monoisotopic (exact) mass is 334 g/mol. The van der Waals surface area contributed by atoms with Crippen molar-refractivity contribution in [1.82, 2.24) is 19.7 Å². The Balaban J connectivity index is 1.90. The largest absolute Gasteiger partial charge is 0.369 e. The second-order valence-corrected chi connectivity index (χ2v) is 6.50. The minimum atomic E-state index is -0.528. The first kappa shape index (κ1) is 15.7. The fourth-order valence-corrected chi connectivity index (χ4v) is 3.13. The Morgan fingerprint density at radius 3 is 2.74 bits per heavy atom. The van der Waals surface area contributed by atoms with Gasteiger partial charge in [-0.1, -0.05) is 18.5 Å². The maximum absolute atomic E-state index is 11.7. The van der Waals surface area contributed by atoms with Crippen molar-refractivity contribution in [3.05, 3.63) is 28.8 Å². The van der Waals surface area contributed by atoms with Gasteiger partial charge in [-0.2, -0.15) is 5.10 Å². The lowest BCUT2D eigenvalue weighted by Gasteiger charge is -2.21. The first-order valence-electron chi connectivity index (χ1n) is 7.43. The van der Waals surface area contributed by atoms with Crippen LogP contribution in [0.5, 0.6) is 0 Å². The van der Waals surface area contributed by atoms with E-state index in [1.54, 1.807) is 10.9 Å². The van der Waals surface area contributed by atoms with Crippen LogP contribution in [0.25, 0.3) is 0 Å². The number of aromatic nitrogens is 4. The van der Waals surface area contributed by atoms with E-state index in [1.165, 1.54) is 0 Å². The van der Waals surface area contributed by atoms with Crippen molar-refractivity contribution >= 4 is 29.1 Å². The predicted octanol–water partition coefficient (Wildman–Crippen LogP) is 2.28. The average molecular weight is 335 g/mol. The number of carbonyl (C=O) groups excluding carboxylic acids is 1. The number of hydrogen-bond acceptors (Lipinski definition) is 5. The van der Waals surface area contributed by atoms with Crippen molar-refractivity contribution in [2.45, 2.75) is 32.6 Å². The molecule has 1 aliphatic rings. The molecule has 0 spiro atoms. The minimum absolute atomic E-state index is 0.147. The van der Waals surface area contributed by atoms with E-state index in [2.05, 4.69) is 20.4 Å². The molecule has 1 unspecified atom stereocenters. The first-order valence-corrected chi connectivity index (χ1v) is 7.81. The molecule has 3 rings (SSSR count). The molecule has 0 aromatic carbocycles. The molecular formula is C15H19ClN6O. The lowest BCUT2D eigenvalue weighted by Crippen LogP contribution is -2.30. The van der Waals surface area contributed by atoms with E-state index in [-0.39, 0.29) is 11.8 Å². The molecule has 7 nitrogen and oxygen atoms in total. The number of halogens is 1. The molecule has 23 heavy (non-hydrogen) atoms. The molecule has 3 N–H and O–H groups in total. The summed E-state index contributed by atoms with van der Waals surface area (Å²) < 4.78 is 1.71. The number of rotatable bonds is 5. The van der Waals surface area contributed by atoms with Gasteiger partial charge < -0.3 is 11.1 Å². The summed E-state index contributed by atoms with van der Waals surface area (Å²) in [5, 5.41) is 7.85. The van der Waals surface area contributed by atoms with Gasteiger partial charge in [0.25, 0.3) is 0 Å². The summed E-state index contributed by atoms with van der Waals surface area (Å²) in [5.41, 5.74) is 7.33. The van der Waals surface area contributed by atoms with Gasteiger partial charge in [-0.15, -0.1) is 0 Å². The summed E-state index contributed by atoms with van der Waals surface area (Å²) in [5.74, 6) is -0.0176. The molecule has 1 aliphatic carbocycles. The molecule has 1 saturated carbocycles. The van der Waals surface area contributed by atoms with Crippen molar-refractivity contribution in [2.24, 2.45) is 18.2 Å². The average Bonchev–Trinajstić information content (AvgIpc) is 3.23. The van der Waals surface area contributed by atoms with Crippen molar-refractivity contribution in [3.8, 4) is 0 Å². The van der Waals surface area contributed by atoms with Gasteiger partial charge in [-0.3, -0.25) is 9.48 Å². The maximum Gasteiger partial charge on any atom is 0.227 e. The summed E-state index contributed by atoms with van der Waals surface area (Å²) in [4.78, 5) is 20.5. The summed E-state index contributed by atoms with van der Waals surface area (Å²) in [6.07, 6.45) is 4.94. The van der Waals surface area contributed by atoms with Crippen molar-refractivity contribution < 1.29 is 4.79 Å². The van der Waals surface area contributed by atoms with Gasteiger partial charge in [0, 0.05) is 19.2 Å². The van der Waals surface area contributed by atoms with Crippen LogP contribution in [0.2, 0.25) is 5.02 Å². The standard InChI is InChI=1S/C15H19ClN6O/c1-8(15(4-5-15)13(17)23)12-10(16)6-18-14(20-12)19-11-7-22(3)21-9(11)2/h6-8H,4-5H2,1-3H3,(H2,17,23)(H,18,19,20). The number of nitrogens with two attached hydrogens (primary N) is 1. The van der Waals surface area contributed by atoms with Crippen LogP contribution in [0, 0.1) is 12.3 Å². The van der Waals surface area contributed by atoms with Crippen LogP contribution in [0.1, 0.15) is 37.1 Å². The predicted molar refractivity (Wildman–Crippen MR) is 87.5 cm³/mol. The molecule has 1 atom stereocenters. The second-order valence-electron chi connectivity index (χ2n) is 6.10. The van der Waals surface area contributed by atoms with E-state index in [9.17, 15) is 4.79 Å². The van der Waals surface area contributed by atoms with E-state index in [1.807, 2.05) is 27.1 Å². The number of hydrogen-bond donors (Lipinski definition) is 2.